The number of aromatic carboxylic acids is 1. The average Bonchev–Trinajstić information content (AvgIpc) is 2.55. The number of aromatic nitrogens is 4. The number of hydrogen-bond acceptors (Lipinski definition) is 8. The van der Waals surface area contributed by atoms with Gasteiger partial charge in [0, 0.05) is 11.8 Å². The topological polar surface area (TPSA) is 144 Å². The molecule has 0 aliphatic rings. The zero-order chi connectivity index (χ0) is 17.3. The number of carboxylic acids is 1. The molecule has 2 heterocycles. The third kappa shape index (κ3) is 3.10. The number of carbonyl (C=O) groups is 1. The van der Waals surface area contributed by atoms with Crippen LogP contribution in [-0.2, 0) is 6.54 Å². The quantitative estimate of drug-likeness (QED) is 0.598. The van der Waals surface area contributed by atoms with E-state index in [1.807, 2.05) is 0 Å². The van der Waals surface area contributed by atoms with Crippen LogP contribution in [0.1, 0.15) is 16.1 Å². The Labute approximate surface area is 141 Å². The first kappa shape index (κ1) is 15.7. The van der Waals surface area contributed by atoms with E-state index in [2.05, 4.69) is 19.9 Å². The van der Waals surface area contributed by atoms with Crippen LogP contribution in [0.5, 0.6) is 0 Å². The number of halogens is 1. The molecule has 5 N–H and O–H groups in total. The minimum atomic E-state index is -1.03. The van der Waals surface area contributed by atoms with E-state index in [1.54, 1.807) is 12.1 Å². The Balaban J connectivity index is 1.89. The van der Waals surface area contributed by atoms with E-state index >= 15 is 0 Å². The molecule has 3 aromatic rings. The minimum absolute atomic E-state index is 0.0199. The smallest absolute Gasteiger partial charge is 0.335 e. The second kappa shape index (κ2) is 6.13. The van der Waals surface area contributed by atoms with Gasteiger partial charge in [-0.05, 0) is 18.2 Å². The van der Waals surface area contributed by atoms with Gasteiger partial charge in [-0.25, -0.2) is 14.8 Å². The Hall–Kier alpha value is -3.20. The molecule has 0 spiro atoms. The fourth-order valence-electron chi connectivity index (χ4n) is 2.08. The van der Waals surface area contributed by atoms with Crippen molar-refractivity contribution in [3.05, 3.63) is 41.7 Å². The largest absolute Gasteiger partial charge is 0.478 e. The van der Waals surface area contributed by atoms with E-state index in [-0.39, 0.29) is 29.5 Å². The number of fused-ring (bicyclic) bond motifs is 1. The zero-order valence-corrected chi connectivity index (χ0v) is 13.0. The average molecular weight is 346 g/mol. The molecule has 24 heavy (non-hydrogen) atoms. The van der Waals surface area contributed by atoms with Crippen molar-refractivity contribution in [1.29, 1.82) is 0 Å². The van der Waals surface area contributed by atoms with Crippen molar-refractivity contribution < 1.29 is 9.90 Å². The van der Waals surface area contributed by atoms with Gasteiger partial charge in [0.25, 0.3) is 0 Å². The molecule has 2 aromatic heterocycles. The van der Waals surface area contributed by atoms with Crippen LogP contribution in [0.2, 0.25) is 0 Å². The van der Waals surface area contributed by atoms with E-state index in [4.69, 9.17) is 28.4 Å². The number of carboxylic acid groups (broad SMARTS) is 1. The molecule has 0 unspecified atom stereocenters. The van der Waals surface area contributed by atoms with Gasteiger partial charge in [0.15, 0.2) is 17.0 Å². The van der Waals surface area contributed by atoms with Crippen molar-refractivity contribution in [2.24, 2.45) is 0 Å². The number of rotatable bonds is 4. The van der Waals surface area contributed by atoms with Crippen molar-refractivity contribution in [3.8, 4) is 0 Å². The van der Waals surface area contributed by atoms with Gasteiger partial charge < -0.3 is 16.6 Å². The third-order valence-electron chi connectivity index (χ3n) is 3.18. The fraction of sp³-hybridized carbons (Fsp3) is 0.0714. The van der Waals surface area contributed by atoms with E-state index in [0.717, 1.165) is 0 Å². The van der Waals surface area contributed by atoms with Gasteiger partial charge in [-0.1, -0.05) is 6.07 Å². The van der Waals surface area contributed by atoms with Crippen molar-refractivity contribution in [2.75, 3.05) is 15.9 Å². The van der Waals surface area contributed by atoms with Crippen LogP contribution in [0.25, 0.3) is 11.2 Å². The molecule has 0 radical (unpaired) electrons. The Morgan fingerprint density at radius 3 is 2.79 bits per heavy atom. The first-order chi connectivity index (χ1) is 11.4. The van der Waals surface area contributed by atoms with Crippen LogP contribution in [0.15, 0.2) is 30.5 Å². The molecule has 10 heteroatoms. The number of nitrogen functional groups attached to an aromatic ring is 2. The van der Waals surface area contributed by atoms with Crippen LogP contribution >= 0.6 is 11.8 Å². The molecule has 0 fully saturated rings. The predicted molar refractivity (Wildman–Crippen MR) is 89.4 cm³/mol. The summed E-state index contributed by atoms with van der Waals surface area (Å²) in [6.45, 7) is 0.178. The van der Waals surface area contributed by atoms with E-state index in [9.17, 15) is 4.79 Å². The summed E-state index contributed by atoms with van der Waals surface area (Å²) >= 11 is 6.22. The monoisotopic (exact) mass is 345 g/mol. The number of hydrogen-bond donors (Lipinski definition) is 3. The zero-order valence-electron chi connectivity index (χ0n) is 12.2. The summed E-state index contributed by atoms with van der Waals surface area (Å²) in [6.07, 6.45) is 1.49. The molecular formula is C14H12ClN7O2. The summed E-state index contributed by atoms with van der Waals surface area (Å²) in [5, 5.41) is 9.03. The first-order valence-corrected chi connectivity index (χ1v) is 7.09. The minimum Gasteiger partial charge on any atom is -0.478 e. The highest BCUT2D eigenvalue weighted by Gasteiger charge is 2.12. The van der Waals surface area contributed by atoms with Gasteiger partial charge in [-0.2, -0.15) is 9.97 Å². The number of nitrogens with zero attached hydrogens (tertiary/aromatic N) is 5. The van der Waals surface area contributed by atoms with Crippen molar-refractivity contribution in [1.82, 2.24) is 19.9 Å². The number of nitrogens with two attached hydrogens (primary N) is 2. The van der Waals surface area contributed by atoms with E-state index in [0.29, 0.717) is 16.9 Å². The van der Waals surface area contributed by atoms with Gasteiger partial charge >= 0.3 is 5.97 Å². The molecular weight excluding hydrogens is 334 g/mol. The third-order valence-corrected chi connectivity index (χ3v) is 3.49. The van der Waals surface area contributed by atoms with Crippen LogP contribution in [0, 0.1) is 0 Å². The Morgan fingerprint density at radius 2 is 2.04 bits per heavy atom. The van der Waals surface area contributed by atoms with Crippen LogP contribution in [0.3, 0.4) is 0 Å². The highest BCUT2D eigenvalue weighted by molar-refractivity contribution is 6.25. The number of anilines is 3. The Morgan fingerprint density at radius 1 is 1.25 bits per heavy atom. The lowest BCUT2D eigenvalue weighted by atomic mass is 10.2. The van der Waals surface area contributed by atoms with Crippen LogP contribution in [-0.4, -0.2) is 31.0 Å². The maximum Gasteiger partial charge on any atom is 0.335 e. The summed E-state index contributed by atoms with van der Waals surface area (Å²) in [4.78, 5) is 27.3. The van der Waals surface area contributed by atoms with E-state index < -0.39 is 5.97 Å². The molecule has 0 amide bonds. The molecule has 0 atom stereocenters. The highest BCUT2D eigenvalue weighted by Crippen LogP contribution is 2.21. The standard InChI is InChI=1S/C14H12ClN7O2/c15-22(9-3-1-2-7(4-9)13(23)24)6-8-5-18-12-10(19-8)11(16)20-14(17)21-12/h1-5H,6H2,(H,23,24)(H4,16,17,18,20,21). The lowest BCUT2D eigenvalue weighted by Crippen LogP contribution is -2.13. The van der Waals surface area contributed by atoms with Gasteiger partial charge in [0.05, 0.1) is 29.7 Å². The lowest BCUT2D eigenvalue weighted by Gasteiger charge is -2.16. The summed E-state index contributed by atoms with van der Waals surface area (Å²) in [7, 11) is 0. The maximum atomic E-state index is 11.0. The van der Waals surface area contributed by atoms with Crippen molar-refractivity contribution >= 4 is 46.4 Å². The Bertz CT molecular complexity index is 934. The summed E-state index contributed by atoms with van der Waals surface area (Å²) in [6, 6.07) is 6.23. The molecule has 3 rings (SSSR count). The van der Waals surface area contributed by atoms with Gasteiger partial charge in [-0.15, -0.1) is 0 Å². The molecule has 0 saturated carbocycles. The molecule has 0 aliphatic heterocycles. The predicted octanol–water partition coefficient (Wildman–Crippen LogP) is 1.44. The molecule has 0 saturated heterocycles. The maximum absolute atomic E-state index is 11.0. The van der Waals surface area contributed by atoms with Gasteiger partial charge in [-0.3, -0.25) is 4.42 Å². The van der Waals surface area contributed by atoms with Crippen LogP contribution < -0.4 is 15.9 Å². The first-order valence-electron chi connectivity index (χ1n) is 6.75. The number of benzene rings is 1. The van der Waals surface area contributed by atoms with Crippen LogP contribution in [0.4, 0.5) is 17.5 Å². The van der Waals surface area contributed by atoms with E-state index in [1.165, 1.54) is 22.7 Å². The molecule has 0 bridgehead atoms. The lowest BCUT2D eigenvalue weighted by molar-refractivity contribution is 0.0697. The fourth-order valence-corrected chi connectivity index (χ4v) is 2.31. The molecule has 1 aromatic carbocycles. The highest BCUT2D eigenvalue weighted by atomic mass is 35.5. The van der Waals surface area contributed by atoms with Crippen molar-refractivity contribution in [3.63, 3.8) is 0 Å². The van der Waals surface area contributed by atoms with Gasteiger partial charge in [0.1, 0.15) is 0 Å². The molecule has 122 valence electrons. The summed E-state index contributed by atoms with van der Waals surface area (Å²) in [5.74, 6) is -0.887. The van der Waals surface area contributed by atoms with Crippen molar-refractivity contribution in [2.45, 2.75) is 6.54 Å². The molecule has 9 nitrogen and oxygen atoms in total. The summed E-state index contributed by atoms with van der Waals surface area (Å²) < 4.78 is 1.33. The second-order valence-electron chi connectivity index (χ2n) is 4.88. The molecule has 0 aliphatic carbocycles. The summed E-state index contributed by atoms with van der Waals surface area (Å²) in [5.41, 5.74) is 13.1. The second-order valence-corrected chi connectivity index (χ2v) is 5.28. The SMILES string of the molecule is Nc1nc(N)c2nc(CN(Cl)c3cccc(C(=O)O)c3)cnc2n1. The Kier molecular flexibility index (Phi) is 4.00. The van der Waals surface area contributed by atoms with Gasteiger partial charge in [0.2, 0.25) is 5.95 Å². The normalized spacial score (nSPS) is 10.7.